The smallest absolute Gasteiger partial charge is 0.0833 e. The molecule has 0 bridgehead atoms. The number of hydrogen-bond donors (Lipinski definition) is 1. The largest absolute Gasteiger partial charge is 0.388 e. The van der Waals surface area contributed by atoms with E-state index in [-0.39, 0.29) is 0 Å². The van der Waals surface area contributed by atoms with Gasteiger partial charge >= 0.3 is 0 Å². The van der Waals surface area contributed by atoms with Crippen LogP contribution >= 0.6 is 0 Å². The van der Waals surface area contributed by atoms with E-state index in [2.05, 4.69) is 37.3 Å². The normalized spacial score (nSPS) is 15.1. The van der Waals surface area contributed by atoms with Gasteiger partial charge < -0.3 is 5.11 Å². The Hall–Kier alpha value is -1.60. The third-order valence-corrected chi connectivity index (χ3v) is 4.39. The molecule has 0 spiro atoms. The summed E-state index contributed by atoms with van der Waals surface area (Å²) < 4.78 is 0. The number of aliphatic hydroxyl groups is 1. The lowest BCUT2D eigenvalue weighted by Gasteiger charge is -2.15. The summed E-state index contributed by atoms with van der Waals surface area (Å²) in [6, 6.07) is 14.9. The fourth-order valence-corrected chi connectivity index (χ4v) is 3.27. The van der Waals surface area contributed by atoms with E-state index in [0.717, 1.165) is 12.0 Å². The zero-order chi connectivity index (χ0) is 13.9. The second kappa shape index (κ2) is 5.80. The van der Waals surface area contributed by atoms with Crippen molar-refractivity contribution in [1.29, 1.82) is 0 Å². The molecule has 0 saturated heterocycles. The molecule has 0 amide bonds. The van der Waals surface area contributed by atoms with Crippen molar-refractivity contribution in [2.75, 3.05) is 0 Å². The summed E-state index contributed by atoms with van der Waals surface area (Å²) in [6.45, 7) is 2.14. The van der Waals surface area contributed by atoms with Crippen molar-refractivity contribution in [2.45, 2.75) is 45.1 Å². The van der Waals surface area contributed by atoms with Crippen LogP contribution in [0.5, 0.6) is 0 Å². The van der Waals surface area contributed by atoms with Crippen molar-refractivity contribution in [3.05, 3.63) is 70.3 Å². The Morgan fingerprint density at radius 3 is 2.70 bits per heavy atom. The number of benzene rings is 2. The Labute approximate surface area is 121 Å². The summed E-state index contributed by atoms with van der Waals surface area (Å²) in [6.07, 6.45) is 4.98. The highest BCUT2D eigenvalue weighted by atomic mass is 16.3. The molecule has 0 saturated carbocycles. The van der Waals surface area contributed by atoms with Gasteiger partial charge in [0.1, 0.15) is 0 Å². The number of rotatable bonds is 4. The maximum atomic E-state index is 10.5. The lowest BCUT2D eigenvalue weighted by Crippen LogP contribution is -2.05. The highest BCUT2D eigenvalue weighted by molar-refractivity contribution is 5.37. The van der Waals surface area contributed by atoms with Gasteiger partial charge in [-0.15, -0.1) is 0 Å². The van der Waals surface area contributed by atoms with Crippen molar-refractivity contribution < 1.29 is 5.11 Å². The number of fused-ring (bicyclic) bond motifs is 1. The molecule has 1 aliphatic carbocycles. The van der Waals surface area contributed by atoms with Gasteiger partial charge in [-0.05, 0) is 53.5 Å². The summed E-state index contributed by atoms with van der Waals surface area (Å²) in [7, 11) is 0. The summed E-state index contributed by atoms with van der Waals surface area (Å²) in [5.74, 6) is 0. The van der Waals surface area contributed by atoms with Gasteiger partial charge in [0.2, 0.25) is 0 Å². The van der Waals surface area contributed by atoms with E-state index in [4.69, 9.17) is 0 Å². The third kappa shape index (κ3) is 2.64. The van der Waals surface area contributed by atoms with E-state index in [1.807, 2.05) is 12.1 Å². The molecule has 3 rings (SSSR count). The number of aliphatic hydroxyl groups excluding tert-OH is 1. The summed E-state index contributed by atoms with van der Waals surface area (Å²) in [4.78, 5) is 0. The molecule has 104 valence electrons. The van der Waals surface area contributed by atoms with Gasteiger partial charge in [0.15, 0.2) is 0 Å². The average Bonchev–Trinajstić information content (AvgIpc) is 2.94. The highest BCUT2D eigenvalue weighted by Crippen LogP contribution is 2.26. The molecule has 20 heavy (non-hydrogen) atoms. The third-order valence-electron chi connectivity index (χ3n) is 4.39. The Morgan fingerprint density at radius 2 is 1.85 bits per heavy atom. The Balaban J connectivity index is 1.80. The zero-order valence-electron chi connectivity index (χ0n) is 12.1. The molecule has 0 radical (unpaired) electrons. The van der Waals surface area contributed by atoms with Crippen molar-refractivity contribution in [3.63, 3.8) is 0 Å². The van der Waals surface area contributed by atoms with Crippen LogP contribution in [0.4, 0.5) is 0 Å². The van der Waals surface area contributed by atoms with Gasteiger partial charge in [0, 0.05) is 6.42 Å². The van der Waals surface area contributed by atoms with Gasteiger partial charge in [-0.25, -0.2) is 0 Å². The first-order valence-electron chi connectivity index (χ1n) is 7.64. The molecule has 1 heteroatoms. The van der Waals surface area contributed by atoms with Gasteiger partial charge in [0.05, 0.1) is 6.10 Å². The topological polar surface area (TPSA) is 20.2 Å². The van der Waals surface area contributed by atoms with Crippen LogP contribution < -0.4 is 0 Å². The lowest BCUT2D eigenvalue weighted by molar-refractivity contribution is 0.177. The Kier molecular flexibility index (Phi) is 3.88. The van der Waals surface area contributed by atoms with Crippen molar-refractivity contribution in [3.8, 4) is 0 Å². The monoisotopic (exact) mass is 266 g/mol. The Morgan fingerprint density at radius 1 is 1.05 bits per heavy atom. The molecule has 1 N–H and O–H groups in total. The average molecular weight is 266 g/mol. The maximum absolute atomic E-state index is 10.5. The minimum absolute atomic E-state index is 0.398. The van der Waals surface area contributed by atoms with Crippen LogP contribution in [0, 0.1) is 0 Å². The first kappa shape index (κ1) is 13.4. The summed E-state index contributed by atoms with van der Waals surface area (Å²) >= 11 is 0. The second-order valence-corrected chi connectivity index (χ2v) is 5.73. The maximum Gasteiger partial charge on any atom is 0.0833 e. The quantitative estimate of drug-likeness (QED) is 0.886. The Bertz CT molecular complexity index is 600. The van der Waals surface area contributed by atoms with E-state index in [1.165, 1.54) is 41.5 Å². The van der Waals surface area contributed by atoms with E-state index in [1.54, 1.807) is 0 Å². The van der Waals surface area contributed by atoms with E-state index in [9.17, 15) is 5.11 Å². The molecule has 0 aromatic heterocycles. The first-order valence-corrected chi connectivity index (χ1v) is 7.64. The molecule has 0 fully saturated rings. The van der Waals surface area contributed by atoms with Gasteiger partial charge in [-0.3, -0.25) is 0 Å². The van der Waals surface area contributed by atoms with Crippen LogP contribution in [0.25, 0.3) is 0 Å². The SMILES string of the molecule is CCc1ccccc1C(O)Cc1ccc2c(c1)CCC2. The van der Waals surface area contributed by atoms with E-state index >= 15 is 0 Å². The molecule has 0 aliphatic heterocycles. The van der Waals surface area contributed by atoms with Crippen molar-refractivity contribution in [1.82, 2.24) is 0 Å². The fourth-order valence-electron chi connectivity index (χ4n) is 3.27. The zero-order valence-corrected chi connectivity index (χ0v) is 12.1. The van der Waals surface area contributed by atoms with E-state index in [0.29, 0.717) is 6.42 Å². The number of hydrogen-bond acceptors (Lipinski definition) is 1. The van der Waals surface area contributed by atoms with Crippen LogP contribution in [-0.2, 0) is 25.7 Å². The van der Waals surface area contributed by atoms with Crippen LogP contribution in [0.1, 0.15) is 47.3 Å². The van der Waals surface area contributed by atoms with Crippen LogP contribution in [0.15, 0.2) is 42.5 Å². The highest BCUT2D eigenvalue weighted by Gasteiger charge is 2.15. The molecule has 1 nitrogen and oxygen atoms in total. The molecule has 2 aromatic rings. The first-order chi connectivity index (χ1) is 9.78. The van der Waals surface area contributed by atoms with Crippen molar-refractivity contribution >= 4 is 0 Å². The van der Waals surface area contributed by atoms with Crippen molar-refractivity contribution in [2.24, 2.45) is 0 Å². The fraction of sp³-hybridized carbons (Fsp3) is 0.368. The van der Waals surface area contributed by atoms with Crippen LogP contribution in [0.2, 0.25) is 0 Å². The molecular weight excluding hydrogens is 244 g/mol. The number of aryl methyl sites for hydroxylation is 3. The van der Waals surface area contributed by atoms with Crippen LogP contribution in [-0.4, -0.2) is 5.11 Å². The molecule has 2 aromatic carbocycles. The summed E-state index contributed by atoms with van der Waals surface area (Å²) in [5.41, 5.74) is 6.57. The standard InChI is InChI=1S/C19H22O/c1-2-15-6-3-4-9-18(15)19(20)13-14-10-11-16-7-5-8-17(16)12-14/h3-4,6,9-12,19-20H,2,5,7-8,13H2,1H3. The minimum atomic E-state index is -0.398. The molecule has 1 unspecified atom stereocenters. The predicted molar refractivity (Wildman–Crippen MR) is 83.0 cm³/mol. The van der Waals surface area contributed by atoms with E-state index < -0.39 is 6.10 Å². The molecule has 1 atom stereocenters. The van der Waals surface area contributed by atoms with Crippen LogP contribution in [0.3, 0.4) is 0 Å². The summed E-state index contributed by atoms with van der Waals surface area (Å²) in [5, 5.41) is 10.5. The minimum Gasteiger partial charge on any atom is -0.388 e. The lowest BCUT2D eigenvalue weighted by atomic mass is 9.94. The second-order valence-electron chi connectivity index (χ2n) is 5.73. The predicted octanol–water partition coefficient (Wildman–Crippen LogP) is 4.01. The van der Waals surface area contributed by atoms with Gasteiger partial charge in [-0.1, -0.05) is 49.4 Å². The molecular formula is C19H22O. The van der Waals surface area contributed by atoms with Gasteiger partial charge in [0.25, 0.3) is 0 Å². The van der Waals surface area contributed by atoms with Gasteiger partial charge in [-0.2, -0.15) is 0 Å². The molecule has 0 heterocycles. The molecule has 1 aliphatic rings.